The van der Waals surface area contributed by atoms with Crippen molar-refractivity contribution < 1.29 is 38.0 Å². The Kier molecular flexibility index (Phi) is 5.57. The molecule has 2 aliphatic heterocycles. The smallest absolute Gasteiger partial charge is 0.345 e. The van der Waals surface area contributed by atoms with Gasteiger partial charge in [0.05, 0.1) is 0 Å². The van der Waals surface area contributed by atoms with Crippen LogP contribution in [0.15, 0.2) is 24.3 Å². The highest BCUT2D eigenvalue weighted by Gasteiger charge is 2.56. The number of cyclic esters (lactones) is 1. The summed E-state index contributed by atoms with van der Waals surface area (Å²) in [5.41, 5.74) is 0.870. The second-order valence-electron chi connectivity index (χ2n) is 7.57. The maximum atomic E-state index is 12.5. The van der Waals surface area contributed by atoms with E-state index in [1.807, 2.05) is 0 Å². The summed E-state index contributed by atoms with van der Waals surface area (Å²) in [6.07, 6.45) is 2.24. The number of benzene rings is 1. The first-order valence-corrected chi connectivity index (χ1v) is 9.23. The number of hydrogen-bond donors (Lipinski definition) is 0. The van der Waals surface area contributed by atoms with E-state index in [9.17, 15) is 9.59 Å². The van der Waals surface area contributed by atoms with E-state index < -0.39 is 35.5 Å². The fourth-order valence-corrected chi connectivity index (χ4v) is 3.34. The highest BCUT2D eigenvalue weighted by atomic mass is 16.8. The summed E-state index contributed by atoms with van der Waals surface area (Å²) < 4.78 is 33.8. The number of rotatable bonds is 5. The normalized spacial score (nSPS) is 33.7. The summed E-state index contributed by atoms with van der Waals surface area (Å²) in [7, 11) is 2.91. The molecule has 1 aromatic rings. The molecule has 0 N–H and O–H groups in total. The molecule has 8 nitrogen and oxygen atoms in total. The van der Waals surface area contributed by atoms with Gasteiger partial charge in [0.15, 0.2) is 6.29 Å². The van der Waals surface area contributed by atoms with E-state index >= 15 is 0 Å². The zero-order chi connectivity index (χ0) is 21.4. The third-order valence-electron chi connectivity index (χ3n) is 5.21. The fourth-order valence-electron chi connectivity index (χ4n) is 3.34. The van der Waals surface area contributed by atoms with Gasteiger partial charge in [-0.25, -0.2) is 4.79 Å². The maximum Gasteiger partial charge on any atom is 0.345 e. The molecule has 29 heavy (non-hydrogen) atoms. The van der Waals surface area contributed by atoms with Gasteiger partial charge in [-0.3, -0.25) is 0 Å². The van der Waals surface area contributed by atoms with Crippen molar-refractivity contribution >= 4 is 18.3 Å². The molecule has 2 heterocycles. The molecule has 0 bridgehead atoms. The van der Waals surface area contributed by atoms with Crippen LogP contribution in [0, 0.1) is 0 Å². The van der Waals surface area contributed by atoms with Crippen LogP contribution in [0.3, 0.4) is 0 Å². The molecule has 1 aromatic carbocycles. The quantitative estimate of drug-likeness (QED) is 0.545. The van der Waals surface area contributed by atoms with Crippen molar-refractivity contribution in [3.05, 3.63) is 35.4 Å². The van der Waals surface area contributed by atoms with Crippen molar-refractivity contribution in [2.24, 2.45) is 0 Å². The first kappa shape index (κ1) is 21.4. The summed E-state index contributed by atoms with van der Waals surface area (Å²) in [6.45, 7) is 6.62. The maximum absolute atomic E-state index is 12.5. The summed E-state index contributed by atoms with van der Waals surface area (Å²) in [5.74, 6) is -3.65. The van der Waals surface area contributed by atoms with Gasteiger partial charge in [0.1, 0.15) is 23.5 Å². The van der Waals surface area contributed by atoms with E-state index in [2.05, 4.69) is 0 Å². The fraction of sp³-hybridized carbons (Fsp3) is 0.524. The second kappa shape index (κ2) is 7.53. The second-order valence-corrected chi connectivity index (χ2v) is 7.57. The molecule has 3 rings (SSSR count). The lowest BCUT2D eigenvalue weighted by atomic mass is 10.0. The Morgan fingerprint density at radius 3 is 2.17 bits per heavy atom. The van der Waals surface area contributed by atoms with Crippen molar-refractivity contribution in [1.82, 2.24) is 0 Å². The van der Waals surface area contributed by atoms with Crippen molar-refractivity contribution in [2.75, 3.05) is 14.2 Å². The molecule has 2 aliphatic rings. The summed E-state index contributed by atoms with van der Waals surface area (Å²) in [4.78, 5) is 24.1. The lowest BCUT2D eigenvalue weighted by Gasteiger charge is -2.50. The Morgan fingerprint density at radius 1 is 0.966 bits per heavy atom. The topological polar surface area (TPSA) is 89.5 Å². The molecule has 158 valence electrons. The predicted octanol–water partition coefficient (Wildman–Crippen LogP) is 2.69. The first-order chi connectivity index (χ1) is 13.6. The Morgan fingerprint density at radius 2 is 1.59 bits per heavy atom. The molecule has 0 saturated carbocycles. The molecule has 8 heteroatoms. The Balaban J connectivity index is 1.92. The first-order valence-electron chi connectivity index (χ1n) is 9.23. The Labute approximate surface area is 169 Å². The van der Waals surface area contributed by atoms with Crippen LogP contribution in [0.25, 0.3) is 6.08 Å². The minimum absolute atomic E-state index is 0.304. The number of ether oxygens (including phenoxy) is 6. The van der Waals surface area contributed by atoms with E-state index in [0.29, 0.717) is 23.2 Å². The molecule has 0 unspecified atom stereocenters. The molecule has 0 spiro atoms. The van der Waals surface area contributed by atoms with Gasteiger partial charge in [0.2, 0.25) is 17.4 Å². The van der Waals surface area contributed by atoms with Gasteiger partial charge in [0.25, 0.3) is 0 Å². The summed E-state index contributed by atoms with van der Waals surface area (Å²) in [6, 6.07) is 5.21. The van der Waals surface area contributed by atoms with Crippen LogP contribution in [0.4, 0.5) is 0 Å². The molecule has 4 atom stereocenters. The van der Waals surface area contributed by atoms with Crippen LogP contribution in [0.5, 0.6) is 5.75 Å². The third kappa shape index (κ3) is 3.81. The largest absolute Gasteiger partial charge is 0.452 e. The lowest BCUT2D eigenvalue weighted by molar-refractivity contribution is -0.435. The monoisotopic (exact) mass is 406 g/mol. The van der Waals surface area contributed by atoms with Gasteiger partial charge in [0, 0.05) is 28.1 Å². The van der Waals surface area contributed by atoms with Crippen molar-refractivity contribution in [3.63, 3.8) is 0 Å². The number of methoxy groups -OCH3 is 2. The van der Waals surface area contributed by atoms with E-state index in [1.165, 1.54) is 14.2 Å². The van der Waals surface area contributed by atoms with Crippen LogP contribution >= 0.6 is 0 Å². The SMILES string of the molecule is CO[C@]1(C)O[C@@H](C=O)[C@H](/C=C/c2cccc3c2C(=O)OC(C)(C)O3)O[C@@]1(C)OC. The van der Waals surface area contributed by atoms with Gasteiger partial charge in [-0.05, 0) is 25.5 Å². The van der Waals surface area contributed by atoms with Gasteiger partial charge < -0.3 is 33.2 Å². The zero-order valence-corrected chi connectivity index (χ0v) is 17.4. The average molecular weight is 406 g/mol. The molecule has 1 saturated heterocycles. The lowest BCUT2D eigenvalue weighted by Crippen LogP contribution is -2.65. The molecular weight excluding hydrogens is 380 g/mol. The van der Waals surface area contributed by atoms with Crippen LogP contribution < -0.4 is 4.74 Å². The molecule has 0 aromatic heterocycles. The van der Waals surface area contributed by atoms with Crippen LogP contribution in [-0.4, -0.2) is 56.0 Å². The van der Waals surface area contributed by atoms with Crippen LogP contribution in [0.1, 0.15) is 43.6 Å². The minimum atomic E-state index is -1.28. The average Bonchev–Trinajstić information content (AvgIpc) is 2.67. The van der Waals surface area contributed by atoms with E-state index in [0.717, 1.165) is 0 Å². The number of hydrogen-bond acceptors (Lipinski definition) is 8. The molecular formula is C21H26O8. The highest BCUT2D eigenvalue weighted by molar-refractivity contribution is 5.97. The van der Waals surface area contributed by atoms with Crippen molar-refractivity contribution in [2.45, 2.75) is 57.3 Å². The van der Waals surface area contributed by atoms with Gasteiger partial charge in [-0.15, -0.1) is 0 Å². The molecule has 0 amide bonds. The molecule has 1 fully saturated rings. The van der Waals surface area contributed by atoms with Gasteiger partial charge >= 0.3 is 5.97 Å². The van der Waals surface area contributed by atoms with Gasteiger partial charge in [-0.2, -0.15) is 0 Å². The highest BCUT2D eigenvalue weighted by Crippen LogP contribution is 2.39. The van der Waals surface area contributed by atoms with E-state index in [-0.39, 0.29) is 0 Å². The molecule has 0 radical (unpaired) electrons. The van der Waals surface area contributed by atoms with E-state index in [4.69, 9.17) is 28.4 Å². The number of carbonyl (C=O) groups excluding carboxylic acids is 2. The van der Waals surface area contributed by atoms with Crippen LogP contribution in [-0.2, 0) is 28.5 Å². The molecule has 0 aliphatic carbocycles. The van der Waals surface area contributed by atoms with Crippen LogP contribution in [0.2, 0.25) is 0 Å². The number of aldehydes is 1. The number of fused-ring (bicyclic) bond motifs is 1. The number of esters is 1. The summed E-state index contributed by atoms with van der Waals surface area (Å²) >= 11 is 0. The van der Waals surface area contributed by atoms with Crippen molar-refractivity contribution in [1.29, 1.82) is 0 Å². The minimum Gasteiger partial charge on any atom is -0.452 e. The standard InChI is InChI=1S/C21H26O8/c1-19(2)26-15-9-7-8-13(17(15)18(23)29-19)10-11-14-16(12-22)28-21(4,25-6)20(3,24-5)27-14/h7-12,14,16H,1-6H3/b11-10+/t14-,16-,20+,21+/m0/s1. The van der Waals surface area contributed by atoms with Gasteiger partial charge in [-0.1, -0.05) is 24.3 Å². The number of carbonyl (C=O) groups is 2. The Bertz CT molecular complexity index is 832. The Hall–Kier alpha value is -2.26. The zero-order valence-electron chi connectivity index (χ0n) is 17.4. The van der Waals surface area contributed by atoms with E-state index in [1.54, 1.807) is 58.0 Å². The predicted molar refractivity (Wildman–Crippen MR) is 102 cm³/mol. The van der Waals surface area contributed by atoms with Crippen molar-refractivity contribution in [3.8, 4) is 5.75 Å². The third-order valence-corrected chi connectivity index (χ3v) is 5.21. The summed E-state index contributed by atoms with van der Waals surface area (Å²) in [5, 5.41) is 0.